The van der Waals surface area contributed by atoms with Crippen molar-refractivity contribution < 1.29 is 63.6 Å². The second-order valence-electron chi connectivity index (χ2n) is 12.7. The highest BCUT2D eigenvalue weighted by Gasteiger charge is 2.31. The normalized spacial score (nSPS) is 13.9. The predicted octanol–water partition coefficient (Wildman–Crippen LogP) is -3.22. The van der Waals surface area contributed by atoms with Crippen molar-refractivity contribution in [2.75, 3.05) is 36.1 Å². The number of anilines is 2. The van der Waals surface area contributed by atoms with E-state index in [0.29, 0.717) is 0 Å². The van der Waals surface area contributed by atoms with Gasteiger partial charge in [-0.15, -0.1) is 23.5 Å². The van der Waals surface area contributed by atoms with E-state index in [2.05, 4.69) is 41.2 Å². The zero-order chi connectivity index (χ0) is 44.9. The van der Waals surface area contributed by atoms with Crippen molar-refractivity contribution in [3.8, 4) is 0 Å². The number of nitrogens with two attached hydrogens (primary N) is 4. The molecule has 16 N–H and O–H groups in total. The number of nitrogen functional groups attached to an aromatic ring is 2. The highest BCUT2D eigenvalue weighted by molar-refractivity contribution is 7.99. The lowest BCUT2D eigenvalue weighted by atomic mass is 10.1. The second-order valence-corrected chi connectivity index (χ2v) is 15.1. The molecule has 2 unspecified atom stereocenters. The number of carbonyl (C=O) groups is 9. The van der Waals surface area contributed by atoms with Crippen LogP contribution < -0.4 is 44.2 Å². The number of rotatable bonds is 28. The van der Waals surface area contributed by atoms with Crippen molar-refractivity contribution in [2.45, 2.75) is 73.2 Å². The highest BCUT2D eigenvalue weighted by atomic mass is 32.2. The molecule has 4 amide bonds. The summed E-state index contributed by atoms with van der Waals surface area (Å²) < 4.78 is 0. The van der Waals surface area contributed by atoms with Gasteiger partial charge in [-0.05, 0) is 12.8 Å². The molecule has 2 rings (SSSR count). The topological polar surface area (TPSA) is 438 Å². The third-order valence-electron chi connectivity index (χ3n) is 8.01. The molecule has 0 bridgehead atoms. The van der Waals surface area contributed by atoms with Gasteiger partial charge < -0.3 is 64.6 Å². The molecule has 0 aromatic carbocycles. The van der Waals surface area contributed by atoms with Crippen molar-refractivity contribution in [3.63, 3.8) is 0 Å². The van der Waals surface area contributed by atoms with Gasteiger partial charge in [-0.25, -0.2) is 9.97 Å². The first-order valence-electron chi connectivity index (χ1n) is 17.7. The van der Waals surface area contributed by atoms with Crippen molar-refractivity contribution in [3.05, 3.63) is 36.2 Å². The average Bonchev–Trinajstić information content (AvgIpc) is 3.19. The van der Waals surface area contributed by atoms with E-state index in [0.717, 1.165) is 23.5 Å². The summed E-state index contributed by atoms with van der Waals surface area (Å²) >= 11 is 1.86. The fourth-order valence-corrected chi connectivity index (χ4v) is 7.50. The summed E-state index contributed by atoms with van der Waals surface area (Å²) in [7, 11) is 0. The number of carboxylic acids is 4. The number of carbonyl (C=O) groups excluding carboxylic acids is 5. The fraction of sp³-hybridized carbons (Fsp3) is 0.485. The standard InChI is InChI=1S/C33H46N12O13S2/c34-16(32(55)56)1-3-22(47)44-18(30(53)42-11-24(49)50)13-59-20(26-28(36)40-7-5-38-26)9-15(46)10-21(27-29(37)41-8-6-39-27)60-14-19(31(54)43-12-25(51)52)45-23(48)4-2-17(35)33(57)58/h5-8,16-21H,1-4,9-14,34-35H2,(H2,36,40)(H2,37,41)(H,42,53)(H,43,54)(H,44,47)(H,45,48)(H,49,50)(H,51,52)(H,55,56)(H,57,58)/t16-,17+,18-,19-,20?,21?/m0/s1. The van der Waals surface area contributed by atoms with Crippen LogP contribution in [0.3, 0.4) is 0 Å². The minimum atomic E-state index is -1.40. The molecule has 27 heteroatoms. The molecule has 25 nitrogen and oxygen atoms in total. The van der Waals surface area contributed by atoms with Crippen molar-refractivity contribution in [1.82, 2.24) is 41.2 Å². The minimum Gasteiger partial charge on any atom is -0.480 e. The van der Waals surface area contributed by atoms with Crippen LogP contribution in [0.1, 0.15) is 60.4 Å². The summed E-state index contributed by atoms with van der Waals surface area (Å²) in [4.78, 5) is 127. The molecule has 0 fully saturated rings. The van der Waals surface area contributed by atoms with E-state index in [-0.39, 0.29) is 60.2 Å². The summed E-state index contributed by atoms with van der Waals surface area (Å²) in [6.45, 7) is -1.60. The molecule has 328 valence electrons. The number of aromatic nitrogens is 4. The quantitative estimate of drug-likeness (QED) is 0.0400. The van der Waals surface area contributed by atoms with Crippen LogP contribution in [0.15, 0.2) is 24.8 Å². The number of carboxylic acid groups (broad SMARTS) is 4. The summed E-state index contributed by atoms with van der Waals surface area (Å²) in [5.41, 5.74) is 23.4. The molecular formula is C33H46N12O13S2. The third-order valence-corrected chi connectivity index (χ3v) is 10.6. The van der Waals surface area contributed by atoms with E-state index in [1.807, 2.05) is 0 Å². The number of Topliss-reactive ketones (excluding diaryl/α,β-unsaturated/α-hetero) is 1. The maximum atomic E-state index is 14.0. The zero-order valence-electron chi connectivity index (χ0n) is 31.7. The number of hydrogen-bond acceptors (Lipinski definition) is 19. The Labute approximate surface area is 349 Å². The molecule has 2 aromatic rings. The van der Waals surface area contributed by atoms with Gasteiger partial charge in [0.25, 0.3) is 0 Å². The number of nitrogens with zero attached hydrogens (tertiary/aromatic N) is 4. The maximum Gasteiger partial charge on any atom is 0.322 e. The number of thioether (sulfide) groups is 2. The van der Waals surface area contributed by atoms with E-state index < -0.39 is 114 Å². The minimum absolute atomic E-state index is 0.0827. The number of nitrogens with one attached hydrogen (secondary N) is 4. The molecule has 2 aromatic heterocycles. The Kier molecular flexibility index (Phi) is 21.1. The van der Waals surface area contributed by atoms with Gasteiger partial charge in [0.15, 0.2) is 0 Å². The first kappa shape index (κ1) is 50.0. The van der Waals surface area contributed by atoms with E-state index in [4.69, 9.17) is 43.4 Å². The molecule has 0 saturated heterocycles. The lowest BCUT2D eigenvalue weighted by Crippen LogP contribution is -2.49. The summed E-state index contributed by atoms with van der Waals surface area (Å²) in [5.74, 6) is -10.0. The van der Waals surface area contributed by atoms with Gasteiger partial charge in [-0.3, -0.25) is 53.1 Å². The van der Waals surface area contributed by atoms with Crippen molar-refractivity contribution in [2.24, 2.45) is 11.5 Å². The molecular weight excluding hydrogens is 837 g/mol. The van der Waals surface area contributed by atoms with Crippen LogP contribution >= 0.6 is 23.5 Å². The van der Waals surface area contributed by atoms with E-state index in [9.17, 15) is 43.2 Å². The van der Waals surface area contributed by atoms with Gasteiger partial charge in [0, 0.05) is 62.0 Å². The third kappa shape index (κ3) is 18.2. The molecule has 0 aliphatic carbocycles. The fourth-order valence-electron chi connectivity index (χ4n) is 4.90. The first-order chi connectivity index (χ1) is 28.3. The van der Waals surface area contributed by atoms with Crippen LogP contribution in [0.25, 0.3) is 0 Å². The summed E-state index contributed by atoms with van der Waals surface area (Å²) in [6.07, 6.45) is 3.14. The van der Waals surface area contributed by atoms with Crippen LogP contribution in [0.5, 0.6) is 0 Å². The largest absolute Gasteiger partial charge is 0.480 e. The van der Waals surface area contributed by atoms with Gasteiger partial charge >= 0.3 is 23.9 Å². The highest BCUT2D eigenvalue weighted by Crippen LogP contribution is 2.38. The van der Waals surface area contributed by atoms with Gasteiger partial charge in [0.2, 0.25) is 23.6 Å². The molecule has 6 atom stereocenters. The summed E-state index contributed by atoms with van der Waals surface area (Å²) in [6, 6.07) is -5.54. The molecule has 0 saturated carbocycles. The molecule has 0 radical (unpaired) electrons. The lowest BCUT2D eigenvalue weighted by Gasteiger charge is -2.24. The monoisotopic (exact) mass is 882 g/mol. The number of hydrogen-bond donors (Lipinski definition) is 12. The molecule has 0 aliphatic heterocycles. The van der Waals surface area contributed by atoms with Gasteiger partial charge in [0.05, 0.1) is 21.9 Å². The Bertz CT molecular complexity index is 1750. The van der Waals surface area contributed by atoms with E-state index in [1.165, 1.54) is 24.8 Å². The van der Waals surface area contributed by atoms with E-state index >= 15 is 0 Å². The Balaban J connectivity index is 2.38. The first-order valence-corrected chi connectivity index (χ1v) is 19.8. The maximum absolute atomic E-state index is 14.0. The van der Waals surface area contributed by atoms with Crippen molar-refractivity contribution in [1.29, 1.82) is 0 Å². The number of aliphatic carboxylic acids is 4. The van der Waals surface area contributed by atoms with Crippen LogP contribution in [0.4, 0.5) is 11.6 Å². The Morgan fingerprint density at radius 2 is 0.933 bits per heavy atom. The number of ketones is 1. The zero-order valence-corrected chi connectivity index (χ0v) is 33.4. The Hall–Kier alpha value is -6.19. The number of amides is 4. The van der Waals surface area contributed by atoms with Crippen molar-refractivity contribution >= 4 is 88.4 Å². The molecule has 0 spiro atoms. The SMILES string of the molecule is Nc1nccnc1C(CC(=O)CC(SC[C@H](NC(=O)CC[C@H](N)C(=O)O)C(=O)NCC(=O)O)c1nccnc1N)SC[C@H](NC(=O)CC[C@@H](N)C(=O)O)C(=O)NCC(=O)O. The molecule has 2 heterocycles. The Morgan fingerprint density at radius 3 is 1.25 bits per heavy atom. The smallest absolute Gasteiger partial charge is 0.322 e. The average molecular weight is 883 g/mol. The van der Waals surface area contributed by atoms with Crippen LogP contribution in [-0.2, 0) is 43.2 Å². The second kappa shape index (κ2) is 25.3. The summed E-state index contributed by atoms with van der Waals surface area (Å²) in [5, 5.41) is 43.5. The van der Waals surface area contributed by atoms with Gasteiger partial charge in [-0.2, -0.15) is 0 Å². The predicted molar refractivity (Wildman–Crippen MR) is 212 cm³/mol. The van der Waals surface area contributed by atoms with Gasteiger partial charge in [0.1, 0.15) is 54.7 Å². The Morgan fingerprint density at radius 1 is 0.583 bits per heavy atom. The van der Waals surface area contributed by atoms with Crippen LogP contribution in [0.2, 0.25) is 0 Å². The molecule has 0 aliphatic rings. The molecule has 60 heavy (non-hydrogen) atoms. The van der Waals surface area contributed by atoms with Gasteiger partial charge in [-0.1, -0.05) is 0 Å². The van der Waals surface area contributed by atoms with Crippen LogP contribution in [0, 0.1) is 0 Å². The van der Waals surface area contributed by atoms with E-state index in [1.54, 1.807) is 0 Å². The van der Waals surface area contributed by atoms with Crippen LogP contribution in [-0.4, -0.2) is 142 Å². The lowest BCUT2D eigenvalue weighted by molar-refractivity contribution is -0.140.